The van der Waals surface area contributed by atoms with Crippen LogP contribution >= 0.6 is 23.2 Å². The number of nitrogens with zero attached hydrogens (tertiary/aromatic N) is 2. The first-order valence-corrected chi connectivity index (χ1v) is 12.8. The fraction of sp³-hybridized carbons (Fsp3) is 0.321. The van der Waals surface area contributed by atoms with E-state index in [-0.39, 0.29) is 17.9 Å². The average molecular weight is 508 g/mol. The summed E-state index contributed by atoms with van der Waals surface area (Å²) in [6.45, 7) is 0.451. The predicted molar refractivity (Wildman–Crippen MR) is 138 cm³/mol. The average Bonchev–Trinajstić information content (AvgIpc) is 3.39. The summed E-state index contributed by atoms with van der Waals surface area (Å²) in [5, 5.41) is 4.09. The molecule has 0 spiro atoms. The van der Waals surface area contributed by atoms with Crippen LogP contribution in [0.2, 0.25) is 10.0 Å². The minimum atomic E-state index is -0.591. The van der Waals surface area contributed by atoms with Crippen LogP contribution in [0.1, 0.15) is 64.8 Å². The van der Waals surface area contributed by atoms with Crippen molar-refractivity contribution < 1.29 is 9.59 Å². The molecule has 2 heterocycles. The number of aromatic nitrogens is 1. The summed E-state index contributed by atoms with van der Waals surface area (Å²) in [6.07, 6.45) is 6.35. The molecule has 2 aliphatic rings. The van der Waals surface area contributed by atoms with Gasteiger partial charge in [0.05, 0.1) is 12.0 Å². The van der Waals surface area contributed by atoms with E-state index in [4.69, 9.17) is 23.2 Å². The van der Waals surface area contributed by atoms with Crippen molar-refractivity contribution >= 4 is 35.0 Å². The van der Waals surface area contributed by atoms with Crippen molar-refractivity contribution in [1.29, 1.82) is 0 Å². The first-order chi connectivity index (χ1) is 17.0. The van der Waals surface area contributed by atoms with Crippen LogP contribution in [0.4, 0.5) is 0 Å². The Morgan fingerprint density at radius 3 is 2.51 bits per heavy atom. The van der Waals surface area contributed by atoms with Gasteiger partial charge in [-0.3, -0.25) is 14.6 Å². The summed E-state index contributed by atoms with van der Waals surface area (Å²) in [5.41, 5.74) is 2.98. The number of carbonyl (C=O) groups is 2. The molecule has 2 aromatic carbocycles. The maximum Gasteiger partial charge on any atom is 0.254 e. The van der Waals surface area contributed by atoms with E-state index in [0.29, 0.717) is 28.6 Å². The van der Waals surface area contributed by atoms with E-state index < -0.39 is 12.0 Å². The molecule has 180 valence electrons. The molecule has 2 amide bonds. The highest BCUT2D eigenvalue weighted by molar-refractivity contribution is 6.35. The van der Waals surface area contributed by atoms with Gasteiger partial charge < -0.3 is 10.2 Å². The van der Waals surface area contributed by atoms with Gasteiger partial charge in [0.15, 0.2) is 0 Å². The van der Waals surface area contributed by atoms with E-state index >= 15 is 0 Å². The Morgan fingerprint density at radius 2 is 1.77 bits per heavy atom. The molecule has 0 radical (unpaired) electrons. The Kier molecular flexibility index (Phi) is 7.07. The molecule has 0 bridgehead atoms. The zero-order chi connectivity index (χ0) is 24.4. The zero-order valence-corrected chi connectivity index (χ0v) is 20.8. The maximum atomic E-state index is 13.8. The van der Waals surface area contributed by atoms with E-state index in [1.54, 1.807) is 18.3 Å². The molecule has 1 N–H and O–H groups in total. The summed E-state index contributed by atoms with van der Waals surface area (Å²) in [4.78, 5) is 34.0. The third kappa shape index (κ3) is 4.80. The molecule has 5 rings (SSSR count). The Bertz CT molecular complexity index is 1230. The largest absolute Gasteiger partial charge is 0.355 e. The summed E-state index contributed by atoms with van der Waals surface area (Å²) in [5.74, 6) is -0.757. The first kappa shape index (κ1) is 23.8. The third-order valence-electron chi connectivity index (χ3n) is 7.06. The molecule has 2 unspecified atom stereocenters. The molecule has 1 fully saturated rings. The van der Waals surface area contributed by atoms with Crippen LogP contribution in [-0.4, -0.2) is 34.3 Å². The quantitative estimate of drug-likeness (QED) is 0.446. The van der Waals surface area contributed by atoms with Crippen molar-refractivity contribution in [2.75, 3.05) is 6.54 Å². The van der Waals surface area contributed by atoms with Crippen LogP contribution in [0, 0.1) is 0 Å². The number of amides is 2. The fourth-order valence-electron chi connectivity index (χ4n) is 5.46. The number of hydrogen-bond donors (Lipinski definition) is 1. The van der Waals surface area contributed by atoms with Crippen LogP contribution in [0.3, 0.4) is 0 Å². The lowest BCUT2D eigenvalue weighted by Gasteiger charge is -2.45. The summed E-state index contributed by atoms with van der Waals surface area (Å²) < 4.78 is 0. The topological polar surface area (TPSA) is 62.3 Å². The monoisotopic (exact) mass is 507 g/mol. The van der Waals surface area contributed by atoms with Crippen molar-refractivity contribution in [2.24, 2.45) is 0 Å². The molecule has 5 nitrogen and oxygen atoms in total. The van der Waals surface area contributed by atoms with Gasteiger partial charge >= 0.3 is 0 Å². The van der Waals surface area contributed by atoms with Crippen LogP contribution in [-0.2, 0) is 11.2 Å². The first-order valence-electron chi connectivity index (χ1n) is 12.1. The minimum absolute atomic E-state index is 0.0407. The molecular formula is C28H27Cl2N3O2. The highest BCUT2D eigenvalue weighted by atomic mass is 35.5. The summed E-state index contributed by atoms with van der Waals surface area (Å²) in [7, 11) is 0. The van der Waals surface area contributed by atoms with Gasteiger partial charge in [0.25, 0.3) is 5.91 Å². The molecule has 35 heavy (non-hydrogen) atoms. The molecule has 1 saturated carbocycles. The normalized spacial score (nSPS) is 20.1. The van der Waals surface area contributed by atoms with E-state index in [1.807, 2.05) is 53.4 Å². The smallest absolute Gasteiger partial charge is 0.254 e. The number of hydrogen-bond acceptors (Lipinski definition) is 3. The molecule has 1 aliphatic carbocycles. The number of fused-ring (bicyclic) bond motifs is 1. The second kappa shape index (κ2) is 10.4. The molecule has 3 aromatic rings. The van der Waals surface area contributed by atoms with Gasteiger partial charge in [-0.05, 0) is 54.3 Å². The lowest BCUT2D eigenvalue weighted by atomic mass is 9.78. The number of rotatable bonds is 6. The van der Waals surface area contributed by atoms with Crippen LogP contribution in [0.25, 0.3) is 0 Å². The van der Waals surface area contributed by atoms with E-state index in [0.717, 1.165) is 42.5 Å². The number of benzene rings is 2. The fourth-order valence-corrected chi connectivity index (χ4v) is 5.98. The van der Waals surface area contributed by atoms with Crippen molar-refractivity contribution in [3.63, 3.8) is 0 Å². The van der Waals surface area contributed by atoms with E-state index in [2.05, 4.69) is 10.3 Å². The molecular weight excluding hydrogens is 481 g/mol. The SMILES string of the molecule is O=C(NCCc1ccccn1)C1c2ccccc2C(=O)N(C2CCCC2)C1c1ccc(Cl)cc1Cl. The lowest BCUT2D eigenvalue weighted by Crippen LogP contribution is -2.51. The Hall–Kier alpha value is -2.89. The highest BCUT2D eigenvalue weighted by Gasteiger charge is 2.47. The van der Waals surface area contributed by atoms with Gasteiger partial charge in [0.1, 0.15) is 0 Å². The van der Waals surface area contributed by atoms with E-state index in [9.17, 15) is 9.59 Å². The standard InChI is InChI=1S/C28H27Cl2N3O2/c29-18-12-13-23(24(30)17-18)26-25(27(34)32-16-14-19-7-5-6-15-31-19)21-10-3-4-11-22(21)28(35)33(26)20-8-1-2-9-20/h3-7,10-13,15,17,20,25-26H,1-2,8-9,14,16H2,(H,32,34). The number of halogens is 2. The molecule has 7 heteroatoms. The lowest BCUT2D eigenvalue weighted by molar-refractivity contribution is -0.124. The van der Waals surface area contributed by atoms with Crippen molar-refractivity contribution in [2.45, 2.75) is 50.1 Å². The van der Waals surface area contributed by atoms with Gasteiger partial charge in [0.2, 0.25) is 5.91 Å². The molecule has 0 saturated heterocycles. The second-order valence-corrected chi connectivity index (χ2v) is 10.0. The number of carbonyl (C=O) groups excluding carboxylic acids is 2. The van der Waals surface area contributed by atoms with Gasteiger partial charge in [-0.2, -0.15) is 0 Å². The molecule has 1 aromatic heterocycles. The number of pyridine rings is 1. The van der Waals surface area contributed by atoms with Crippen molar-refractivity contribution in [3.05, 3.63) is 99.3 Å². The molecule has 2 atom stereocenters. The van der Waals surface area contributed by atoms with Gasteiger partial charge in [-0.15, -0.1) is 0 Å². The second-order valence-electron chi connectivity index (χ2n) is 9.19. The third-order valence-corrected chi connectivity index (χ3v) is 7.63. The van der Waals surface area contributed by atoms with Crippen LogP contribution in [0.15, 0.2) is 66.9 Å². The Balaban J connectivity index is 1.55. The van der Waals surface area contributed by atoms with Crippen molar-refractivity contribution in [1.82, 2.24) is 15.2 Å². The van der Waals surface area contributed by atoms with Gasteiger partial charge in [-0.25, -0.2) is 0 Å². The predicted octanol–water partition coefficient (Wildman–Crippen LogP) is 5.97. The van der Waals surface area contributed by atoms with Crippen LogP contribution < -0.4 is 5.32 Å². The van der Waals surface area contributed by atoms with Gasteiger partial charge in [0, 0.05) is 46.5 Å². The summed E-state index contributed by atoms with van der Waals surface area (Å²) >= 11 is 12.9. The summed E-state index contributed by atoms with van der Waals surface area (Å²) in [6, 6.07) is 18.1. The van der Waals surface area contributed by atoms with Crippen LogP contribution in [0.5, 0.6) is 0 Å². The Labute approximate surface area is 215 Å². The minimum Gasteiger partial charge on any atom is -0.355 e. The number of nitrogens with one attached hydrogen (secondary N) is 1. The zero-order valence-electron chi connectivity index (χ0n) is 19.3. The Morgan fingerprint density at radius 1 is 1.00 bits per heavy atom. The highest BCUT2D eigenvalue weighted by Crippen LogP contribution is 2.47. The van der Waals surface area contributed by atoms with E-state index in [1.165, 1.54) is 0 Å². The molecule has 1 aliphatic heterocycles. The van der Waals surface area contributed by atoms with Gasteiger partial charge in [-0.1, -0.05) is 66.4 Å². The van der Waals surface area contributed by atoms with Crippen molar-refractivity contribution in [3.8, 4) is 0 Å². The maximum absolute atomic E-state index is 13.8.